The quantitative estimate of drug-likeness (QED) is 0.790. The van der Waals surface area contributed by atoms with Gasteiger partial charge in [0.2, 0.25) is 0 Å². The molecule has 2 aromatic rings. The number of carboxylic acids is 1. The fourth-order valence-electron chi connectivity index (χ4n) is 2.29. The number of ether oxygens (including phenoxy) is 1. The molecule has 0 radical (unpaired) electrons. The molecule has 1 aliphatic rings. The Kier molecular flexibility index (Phi) is 2.21. The molecule has 6 nitrogen and oxygen atoms in total. The summed E-state index contributed by atoms with van der Waals surface area (Å²) >= 11 is 0. The highest BCUT2D eigenvalue weighted by Crippen LogP contribution is 2.37. The first-order valence-electron chi connectivity index (χ1n) is 5.51. The Hall–Kier alpha value is -2.21. The van der Waals surface area contributed by atoms with Crippen LogP contribution in [0, 0.1) is 0 Å². The summed E-state index contributed by atoms with van der Waals surface area (Å²) < 4.78 is 5.52. The molecular weight excluding hydrogens is 234 g/mol. The van der Waals surface area contributed by atoms with Gasteiger partial charge in [-0.05, 0) is 18.6 Å². The van der Waals surface area contributed by atoms with Gasteiger partial charge in [0.25, 0.3) is 0 Å². The maximum atomic E-state index is 10.9. The lowest BCUT2D eigenvalue weighted by Crippen LogP contribution is -2.04. The van der Waals surface area contributed by atoms with E-state index < -0.39 is 5.97 Å². The van der Waals surface area contributed by atoms with Gasteiger partial charge in [-0.25, -0.2) is 14.8 Å². The van der Waals surface area contributed by atoms with E-state index in [0.717, 1.165) is 16.5 Å². The Bertz CT molecular complexity index is 669. The highest BCUT2D eigenvalue weighted by atomic mass is 16.5. The summed E-state index contributed by atoms with van der Waals surface area (Å²) in [5.74, 6) is -0.637. The van der Waals surface area contributed by atoms with Crippen LogP contribution in [0.3, 0.4) is 0 Å². The minimum Gasteiger partial charge on any atom is -0.477 e. The first-order valence-corrected chi connectivity index (χ1v) is 5.51. The number of fused-ring (bicyclic) bond motifs is 3. The molecule has 0 aromatic carbocycles. The monoisotopic (exact) mass is 245 g/mol. The van der Waals surface area contributed by atoms with Crippen molar-refractivity contribution in [3.05, 3.63) is 29.1 Å². The number of pyridine rings is 2. The van der Waals surface area contributed by atoms with Gasteiger partial charge in [0, 0.05) is 10.9 Å². The molecule has 1 aliphatic heterocycles. The number of anilines is 1. The zero-order valence-corrected chi connectivity index (χ0v) is 9.67. The van der Waals surface area contributed by atoms with Crippen LogP contribution in [0.4, 0.5) is 5.82 Å². The third-order valence-corrected chi connectivity index (χ3v) is 3.15. The maximum absolute atomic E-state index is 10.9. The standard InChI is InChI=1S/C12H11N3O3/c1-5-10-7(4-18-5)6-2-8(12(16)17)14-3-9(6)15-11(10)13/h2-3,5H,4H2,1H3,(H2,13,15)(H,16,17)/t5-/m1/s1. The van der Waals surface area contributed by atoms with Crippen molar-refractivity contribution in [2.24, 2.45) is 0 Å². The van der Waals surface area contributed by atoms with Crippen LogP contribution < -0.4 is 5.73 Å². The van der Waals surface area contributed by atoms with E-state index in [0.29, 0.717) is 17.9 Å². The number of hydrogen-bond acceptors (Lipinski definition) is 5. The second-order valence-corrected chi connectivity index (χ2v) is 4.23. The third-order valence-electron chi connectivity index (χ3n) is 3.15. The highest BCUT2D eigenvalue weighted by Gasteiger charge is 2.25. The number of carboxylic acid groups (broad SMARTS) is 1. The summed E-state index contributed by atoms with van der Waals surface area (Å²) in [7, 11) is 0. The molecule has 3 heterocycles. The lowest BCUT2D eigenvalue weighted by atomic mass is 10.0. The molecule has 0 saturated carbocycles. The van der Waals surface area contributed by atoms with Crippen LogP contribution in [0.1, 0.15) is 34.6 Å². The number of aromatic carboxylic acids is 1. The summed E-state index contributed by atoms with van der Waals surface area (Å²) in [4.78, 5) is 19.0. The minimum absolute atomic E-state index is 0.00387. The second kappa shape index (κ2) is 3.64. The van der Waals surface area contributed by atoms with E-state index in [2.05, 4.69) is 9.97 Å². The average Bonchev–Trinajstić information content (AvgIpc) is 2.72. The highest BCUT2D eigenvalue weighted by molar-refractivity contribution is 5.93. The van der Waals surface area contributed by atoms with Crippen LogP contribution in [0.5, 0.6) is 0 Å². The number of nitrogens with two attached hydrogens (primary N) is 1. The van der Waals surface area contributed by atoms with Crippen LogP contribution in [-0.2, 0) is 11.3 Å². The molecule has 3 rings (SSSR count). The van der Waals surface area contributed by atoms with Crippen molar-refractivity contribution >= 4 is 22.7 Å². The summed E-state index contributed by atoms with van der Waals surface area (Å²) in [5.41, 5.74) is 8.24. The molecule has 0 spiro atoms. The molecule has 18 heavy (non-hydrogen) atoms. The molecule has 0 unspecified atom stereocenters. The Balaban J connectivity index is 2.35. The SMILES string of the molecule is C[C@H]1OCc2c1c(N)nc1cnc(C(=O)O)cc21. The minimum atomic E-state index is -1.06. The zero-order chi connectivity index (χ0) is 12.9. The van der Waals surface area contributed by atoms with E-state index in [9.17, 15) is 4.79 Å². The Morgan fingerprint density at radius 3 is 3.11 bits per heavy atom. The van der Waals surface area contributed by atoms with E-state index in [1.54, 1.807) is 0 Å². The van der Waals surface area contributed by atoms with E-state index in [4.69, 9.17) is 15.6 Å². The van der Waals surface area contributed by atoms with E-state index in [-0.39, 0.29) is 11.8 Å². The van der Waals surface area contributed by atoms with Gasteiger partial charge >= 0.3 is 5.97 Å². The molecule has 0 bridgehead atoms. The van der Waals surface area contributed by atoms with E-state index in [1.165, 1.54) is 12.3 Å². The molecule has 3 N–H and O–H groups in total. The smallest absolute Gasteiger partial charge is 0.354 e. The van der Waals surface area contributed by atoms with Crippen molar-refractivity contribution in [2.45, 2.75) is 19.6 Å². The van der Waals surface area contributed by atoms with Gasteiger partial charge in [0.05, 0.1) is 24.4 Å². The number of nitrogen functional groups attached to an aromatic ring is 1. The van der Waals surface area contributed by atoms with Gasteiger partial charge in [-0.3, -0.25) is 0 Å². The number of hydrogen-bond donors (Lipinski definition) is 2. The van der Waals surface area contributed by atoms with Crippen LogP contribution in [-0.4, -0.2) is 21.0 Å². The molecule has 0 aliphatic carbocycles. The number of aromatic nitrogens is 2. The van der Waals surface area contributed by atoms with Gasteiger partial charge in [-0.15, -0.1) is 0 Å². The number of carbonyl (C=O) groups is 1. The van der Waals surface area contributed by atoms with Crippen molar-refractivity contribution in [3.63, 3.8) is 0 Å². The first-order chi connectivity index (χ1) is 8.58. The molecule has 2 aromatic heterocycles. The largest absolute Gasteiger partial charge is 0.477 e. The molecule has 0 saturated heterocycles. The van der Waals surface area contributed by atoms with Gasteiger partial charge in [0.1, 0.15) is 11.5 Å². The van der Waals surface area contributed by atoms with Gasteiger partial charge in [-0.2, -0.15) is 0 Å². The van der Waals surface area contributed by atoms with Crippen molar-refractivity contribution in [1.82, 2.24) is 9.97 Å². The Morgan fingerprint density at radius 1 is 1.61 bits per heavy atom. The number of rotatable bonds is 1. The van der Waals surface area contributed by atoms with Crippen LogP contribution in [0.15, 0.2) is 12.3 Å². The Morgan fingerprint density at radius 2 is 2.39 bits per heavy atom. The molecular formula is C12H11N3O3. The molecule has 6 heteroatoms. The predicted molar refractivity (Wildman–Crippen MR) is 64.1 cm³/mol. The second-order valence-electron chi connectivity index (χ2n) is 4.23. The van der Waals surface area contributed by atoms with Crippen molar-refractivity contribution in [2.75, 3.05) is 5.73 Å². The molecule has 0 amide bonds. The topological polar surface area (TPSA) is 98.3 Å². The number of nitrogens with zero attached hydrogens (tertiary/aromatic N) is 2. The molecule has 92 valence electrons. The maximum Gasteiger partial charge on any atom is 0.354 e. The molecule has 0 fully saturated rings. The van der Waals surface area contributed by atoms with E-state index in [1.807, 2.05) is 6.92 Å². The van der Waals surface area contributed by atoms with Crippen molar-refractivity contribution in [3.8, 4) is 0 Å². The summed E-state index contributed by atoms with van der Waals surface area (Å²) in [6.45, 7) is 2.32. The van der Waals surface area contributed by atoms with Gasteiger partial charge < -0.3 is 15.6 Å². The van der Waals surface area contributed by atoms with E-state index >= 15 is 0 Å². The van der Waals surface area contributed by atoms with Crippen molar-refractivity contribution in [1.29, 1.82) is 0 Å². The van der Waals surface area contributed by atoms with Crippen LogP contribution in [0.25, 0.3) is 10.9 Å². The fraction of sp³-hybridized carbons (Fsp3) is 0.250. The first kappa shape index (κ1) is 10.9. The lowest BCUT2D eigenvalue weighted by molar-refractivity contribution is 0.0690. The lowest BCUT2D eigenvalue weighted by Gasteiger charge is -2.09. The van der Waals surface area contributed by atoms with Crippen LogP contribution >= 0.6 is 0 Å². The summed E-state index contributed by atoms with van der Waals surface area (Å²) in [5, 5.41) is 9.71. The normalized spacial score (nSPS) is 17.9. The van der Waals surface area contributed by atoms with Crippen LogP contribution in [0.2, 0.25) is 0 Å². The predicted octanol–water partition coefficient (Wildman–Crippen LogP) is 1.50. The zero-order valence-electron chi connectivity index (χ0n) is 9.67. The Labute approximate surface area is 102 Å². The fourth-order valence-corrected chi connectivity index (χ4v) is 2.29. The summed E-state index contributed by atoms with van der Waals surface area (Å²) in [6.07, 6.45) is 1.32. The van der Waals surface area contributed by atoms with Crippen molar-refractivity contribution < 1.29 is 14.6 Å². The molecule has 1 atom stereocenters. The third kappa shape index (κ3) is 1.42. The summed E-state index contributed by atoms with van der Waals surface area (Å²) in [6, 6.07) is 1.52. The van der Waals surface area contributed by atoms with Gasteiger partial charge in [-0.1, -0.05) is 0 Å². The van der Waals surface area contributed by atoms with Gasteiger partial charge in [0.15, 0.2) is 0 Å². The average molecular weight is 245 g/mol.